The summed E-state index contributed by atoms with van der Waals surface area (Å²) in [6.07, 6.45) is 1.52. The molecule has 0 aromatic heterocycles. The van der Waals surface area contributed by atoms with E-state index < -0.39 is 5.91 Å². The average Bonchev–Trinajstić information content (AvgIpc) is 2.82. The van der Waals surface area contributed by atoms with E-state index in [0.717, 1.165) is 5.56 Å². The van der Waals surface area contributed by atoms with E-state index in [-0.39, 0.29) is 11.5 Å². The summed E-state index contributed by atoms with van der Waals surface area (Å²) in [5.74, 6) is 0.0451. The van der Waals surface area contributed by atoms with Crippen LogP contribution in [0.2, 0.25) is 0 Å². The first-order chi connectivity index (χ1) is 15.9. The molecule has 0 saturated carbocycles. The molecular formula is C27H25N3O3. The Balaban J connectivity index is 1.62. The van der Waals surface area contributed by atoms with Gasteiger partial charge in [-0.2, -0.15) is 5.26 Å². The van der Waals surface area contributed by atoms with Crippen LogP contribution in [-0.2, 0) is 11.4 Å². The van der Waals surface area contributed by atoms with Gasteiger partial charge in [0, 0.05) is 25.3 Å². The van der Waals surface area contributed by atoms with Gasteiger partial charge in [0.25, 0.3) is 11.8 Å². The predicted octanol–water partition coefficient (Wildman–Crippen LogP) is 4.82. The molecule has 3 rings (SSSR count). The predicted molar refractivity (Wildman–Crippen MR) is 129 cm³/mol. The van der Waals surface area contributed by atoms with Crippen molar-refractivity contribution >= 4 is 23.6 Å². The van der Waals surface area contributed by atoms with E-state index in [4.69, 9.17) is 4.74 Å². The van der Waals surface area contributed by atoms with Crippen molar-refractivity contribution in [3.05, 3.63) is 101 Å². The topological polar surface area (TPSA) is 82.4 Å². The maximum atomic E-state index is 12.5. The number of aryl methyl sites for hydroxylation is 1. The number of hydrogen-bond donors (Lipinski definition) is 1. The summed E-state index contributed by atoms with van der Waals surface area (Å²) >= 11 is 0. The molecule has 0 aliphatic carbocycles. The van der Waals surface area contributed by atoms with Gasteiger partial charge in [-0.05, 0) is 60.5 Å². The number of hydrogen-bond acceptors (Lipinski definition) is 4. The summed E-state index contributed by atoms with van der Waals surface area (Å²) in [7, 11) is 3.34. The number of amides is 2. The fraction of sp³-hybridized carbons (Fsp3) is 0.148. The monoisotopic (exact) mass is 439 g/mol. The summed E-state index contributed by atoms with van der Waals surface area (Å²) in [5, 5.41) is 12.1. The first-order valence-corrected chi connectivity index (χ1v) is 10.4. The van der Waals surface area contributed by atoms with Gasteiger partial charge in [0.2, 0.25) is 0 Å². The number of nitrogens with zero attached hydrogens (tertiary/aromatic N) is 2. The van der Waals surface area contributed by atoms with E-state index in [1.165, 1.54) is 16.5 Å². The van der Waals surface area contributed by atoms with E-state index in [2.05, 4.69) is 5.32 Å². The van der Waals surface area contributed by atoms with E-state index in [1.54, 1.807) is 62.6 Å². The van der Waals surface area contributed by atoms with Gasteiger partial charge in [-0.3, -0.25) is 9.59 Å². The Bertz CT molecular complexity index is 1190. The molecule has 3 aromatic carbocycles. The van der Waals surface area contributed by atoms with Gasteiger partial charge in [-0.25, -0.2) is 0 Å². The minimum atomic E-state index is -0.524. The van der Waals surface area contributed by atoms with Crippen molar-refractivity contribution in [3.8, 4) is 11.8 Å². The molecule has 0 unspecified atom stereocenters. The van der Waals surface area contributed by atoms with Crippen molar-refractivity contribution < 1.29 is 14.3 Å². The third-order valence-corrected chi connectivity index (χ3v) is 4.88. The van der Waals surface area contributed by atoms with Crippen molar-refractivity contribution in [2.75, 3.05) is 19.4 Å². The van der Waals surface area contributed by atoms with Crippen LogP contribution in [0.15, 0.2) is 78.4 Å². The van der Waals surface area contributed by atoms with Gasteiger partial charge in [0.1, 0.15) is 24.0 Å². The number of carbonyl (C=O) groups is 2. The van der Waals surface area contributed by atoms with Crippen LogP contribution in [0.1, 0.15) is 27.0 Å². The molecule has 0 aliphatic heterocycles. The van der Waals surface area contributed by atoms with Crippen molar-refractivity contribution in [3.63, 3.8) is 0 Å². The normalized spacial score (nSPS) is 10.8. The van der Waals surface area contributed by atoms with Crippen LogP contribution in [0.3, 0.4) is 0 Å². The van der Waals surface area contributed by atoms with E-state index in [9.17, 15) is 14.9 Å². The minimum Gasteiger partial charge on any atom is -0.489 e. The van der Waals surface area contributed by atoms with Gasteiger partial charge in [-0.15, -0.1) is 0 Å². The van der Waals surface area contributed by atoms with Crippen LogP contribution in [0, 0.1) is 18.3 Å². The highest BCUT2D eigenvalue weighted by atomic mass is 16.5. The van der Waals surface area contributed by atoms with Crippen LogP contribution < -0.4 is 10.1 Å². The number of ether oxygens (including phenoxy) is 1. The molecule has 0 bridgehead atoms. The number of anilines is 1. The van der Waals surface area contributed by atoms with E-state index >= 15 is 0 Å². The molecule has 3 aromatic rings. The molecule has 0 radical (unpaired) electrons. The lowest BCUT2D eigenvalue weighted by Crippen LogP contribution is -2.21. The summed E-state index contributed by atoms with van der Waals surface area (Å²) < 4.78 is 5.79. The Labute approximate surface area is 193 Å². The van der Waals surface area contributed by atoms with Crippen LogP contribution in [0.5, 0.6) is 5.75 Å². The lowest BCUT2D eigenvalue weighted by atomic mass is 10.1. The molecule has 6 heteroatoms. The standard InChI is InChI=1S/C27H25N3O3/c1-19-4-6-21(7-5-19)18-33-25-14-8-20(9-15-25)16-23(17-28)26(31)29-24-12-10-22(11-13-24)27(32)30(2)3/h4-16H,18H2,1-3H3,(H,29,31)/b23-16+. The van der Waals surface area contributed by atoms with Gasteiger partial charge in [0.15, 0.2) is 0 Å². The number of rotatable bonds is 7. The highest BCUT2D eigenvalue weighted by Gasteiger charge is 2.11. The molecular weight excluding hydrogens is 414 g/mol. The van der Waals surface area contributed by atoms with Gasteiger partial charge >= 0.3 is 0 Å². The number of carbonyl (C=O) groups excluding carboxylic acids is 2. The highest BCUT2D eigenvalue weighted by molar-refractivity contribution is 6.09. The Morgan fingerprint density at radius 2 is 1.61 bits per heavy atom. The fourth-order valence-corrected chi connectivity index (χ4v) is 2.98. The molecule has 0 heterocycles. The second kappa shape index (κ2) is 10.8. The van der Waals surface area contributed by atoms with Crippen molar-refractivity contribution in [2.24, 2.45) is 0 Å². The number of nitriles is 1. The lowest BCUT2D eigenvalue weighted by molar-refractivity contribution is -0.112. The van der Waals surface area contributed by atoms with Crippen molar-refractivity contribution in [1.29, 1.82) is 5.26 Å². The van der Waals surface area contributed by atoms with Crippen molar-refractivity contribution in [2.45, 2.75) is 13.5 Å². The fourth-order valence-electron chi connectivity index (χ4n) is 2.98. The molecule has 2 amide bonds. The highest BCUT2D eigenvalue weighted by Crippen LogP contribution is 2.18. The average molecular weight is 440 g/mol. The van der Waals surface area contributed by atoms with Gasteiger partial charge in [-0.1, -0.05) is 42.0 Å². The molecule has 0 spiro atoms. The van der Waals surface area contributed by atoms with E-state index in [1.807, 2.05) is 37.3 Å². The SMILES string of the molecule is Cc1ccc(COc2ccc(/C=C(\C#N)C(=O)Nc3ccc(C(=O)N(C)C)cc3)cc2)cc1. The maximum absolute atomic E-state index is 12.5. The van der Waals surface area contributed by atoms with E-state index in [0.29, 0.717) is 29.2 Å². The molecule has 0 saturated heterocycles. The summed E-state index contributed by atoms with van der Waals surface area (Å²) in [6, 6.07) is 23.8. The number of benzene rings is 3. The summed E-state index contributed by atoms with van der Waals surface area (Å²) in [6.45, 7) is 2.50. The maximum Gasteiger partial charge on any atom is 0.266 e. The zero-order chi connectivity index (χ0) is 23.8. The quantitative estimate of drug-likeness (QED) is 0.423. The third-order valence-electron chi connectivity index (χ3n) is 4.88. The van der Waals surface area contributed by atoms with Gasteiger partial charge < -0.3 is 15.0 Å². The second-order valence-electron chi connectivity index (χ2n) is 7.74. The van der Waals surface area contributed by atoms with Crippen molar-refractivity contribution in [1.82, 2.24) is 4.90 Å². The van der Waals surface area contributed by atoms with Gasteiger partial charge in [0.05, 0.1) is 0 Å². The summed E-state index contributed by atoms with van der Waals surface area (Å²) in [4.78, 5) is 26.0. The van der Waals surface area contributed by atoms with Crippen LogP contribution in [-0.4, -0.2) is 30.8 Å². The molecule has 1 N–H and O–H groups in total. The smallest absolute Gasteiger partial charge is 0.266 e. The third kappa shape index (κ3) is 6.55. The molecule has 166 valence electrons. The zero-order valence-corrected chi connectivity index (χ0v) is 18.8. The molecule has 33 heavy (non-hydrogen) atoms. The Morgan fingerprint density at radius 3 is 2.18 bits per heavy atom. The van der Waals surface area contributed by atoms with Crippen LogP contribution in [0.4, 0.5) is 5.69 Å². The Hall–Kier alpha value is -4.37. The molecule has 0 aliphatic rings. The molecule has 0 fully saturated rings. The Morgan fingerprint density at radius 1 is 0.970 bits per heavy atom. The lowest BCUT2D eigenvalue weighted by Gasteiger charge is -2.11. The first-order valence-electron chi connectivity index (χ1n) is 10.4. The zero-order valence-electron chi connectivity index (χ0n) is 18.8. The molecule has 6 nitrogen and oxygen atoms in total. The van der Waals surface area contributed by atoms with Crippen LogP contribution in [0.25, 0.3) is 6.08 Å². The molecule has 0 atom stereocenters. The van der Waals surface area contributed by atoms with Crippen LogP contribution >= 0.6 is 0 Å². The Kier molecular flexibility index (Phi) is 7.61. The number of nitrogens with one attached hydrogen (secondary N) is 1. The second-order valence-corrected chi connectivity index (χ2v) is 7.74. The minimum absolute atomic E-state index is 0.0308. The largest absolute Gasteiger partial charge is 0.489 e. The summed E-state index contributed by atoms with van der Waals surface area (Å²) in [5.41, 5.74) is 3.96. The first kappa shape index (κ1) is 23.3.